The molecule has 0 N–H and O–H groups in total. The van der Waals surface area contributed by atoms with E-state index in [9.17, 15) is 0 Å². The largest absolute Gasteiger partial charge is 0.0795 e. The van der Waals surface area contributed by atoms with Crippen molar-refractivity contribution in [3.05, 3.63) is 41.0 Å². The molecule has 0 nitrogen and oxygen atoms in total. The Labute approximate surface area is 80.3 Å². The molecule has 0 aromatic heterocycles. The molecule has 0 heterocycles. The van der Waals surface area contributed by atoms with Gasteiger partial charge in [-0.15, -0.1) is 0 Å². The molecule has 0 atom stereocenters. The summed E-state index contributed by atoms with van der Waals surface area (Å²) in [6, 6.07) is 6.87. The molecule has 0 unspecified atom stereocenters. The average molecular weight is 172 g/mol. The standard InChI is InChI=1S/C13H16/c1-10(2)8-11-6-7-12-4-3-5-13(12)9-11/h3,5-7,9-10H,4,8H2,1-2H3. The van der Waals surface area contributed by atoms with E-state index in [2.05, 4.69) is 44.2 Å². The Balaban J connectivity index is 2.25. The molecule has 0 spiro atoms. The van der Waals surface area contributed by atoms with Gasteiger partial charge in [0.25, 0.3) is 0 Å². The lowest BCUT2D eigenvalue weighted by molar-refractivity contribution is 0.647. The Morgan fingerprint density at radius 1 is 1.31 bits per heavy atom. The van der Waals surface area contributed by atoms with Crippen LogP contribution in [0.25, 0.3) is 6.08 Å². The van der Waals surface area contributed by atoms with Crippen molar-refractivity contribution in [1.29, 1.82) is 0 Å². The highest BCUT2D eigenvalue weighted by Crippen LogP contribution is 2.21. The minimum Gasteiger partial charge on any atom is -0.0795 e. The third-order valence-electron chi connectivity index (χ3n) is 2.49. The van der Waals surface area contributed by atoms with Crippen LogP contribution in [0.1, 0.15) is 30.5 Å². The lowest BCUT2D eigenvalue weighted by Gasteiger charge is -2.06. The summed E-state index contributed by atoms with van der Waals surface area (Å²) < 4.78 is 0. The number of hydrogen-bond acceptors (Lipinski definition) is 0. The summed E-state index contributed by atoms with van der Waals surface area (Å²) in [6.45, 7) is 4.53. The molecule has 0 aliphatic heterocycles. The molecule has 0 radical (unpaired) electrons. The van der Waals surface area contributed by atoms with Gasteiger partial charge in [0.15, 0.2) is 0 Å². The molecule has 1 aromatic rings. The number of allylic oxidation sites excluding steroid dienone is 1. The monoisotopic (exact) mass is 172 g/mol. The van der Waals surface area contributed by atoms with Gasteiger partial charge in [-0.3, -0.25) is 0 Å². The fourth-order valence-corrected chi connectivity index (χ4v) is 1.90. The lowest BCUT2D eigenvalue weighted by atomic mass is 9.99. The summed E-state index contributed by atoms with van der Waals surface area (Å²) in [5, 5.41) is 0. The van der Waals surface area contributed by atoms with Gasteiger partial charge in [-0.05, 0) is 35.4 Å². The maximum absolute atomic E-state index is 2.33. The highest BCUT2D eigenvalue weighted by Gasteiger charge is 2.05. The second-order valence-electron chi connectivity index (χ2n) is 4.24. The SMILES string of the molecule is CC(C)Cc1ccc2c(c1)C=CC2. The Bertz CT molecular complexity index is 332. The highest BCUT2D eigenvalue weighted by molar-refractivity contribution is 5.60. The maximum Gasteiger partial charge on any atom is -0.00882 e. The zero-order valence-corrected chi connectivity index (χ0v) is 8.38. The van der Waals surface area contributed by atoms with Crippen LogP contribution in [0.2, 0.25) is 0 Å². The summed E-state index contributed by atoms with van der Waals surface area (Å²) in [4.78, 5) is 0. The molecule has 0 saturated heterocycles. The van der Waals surface area contributed by atoms with Gasteiger partial charge in [-0.2, -0.15) is 0 Å². The quantitative estimate of drug-likeness (QED) is 0.641. The Hall–Kier alpha value is -1.04. The van der Waals surface area contributed by atoms with E-state index in [1.165, 1.54) is 23.1 Å². The van der Waals surface area contributed by atoms with Gasteiger partial charge >= 0.3 is 0 Å². The van der Waals surface area contributed by atoms with Gasteiger partial charge in [0.05, 0.1) is 0 Å². The van der Waals surface area contributed by atoms with Gasteiger partial charge in [0.2, 0.25) is 0 Å². The van der Waals surface area contributed by atoms with E-state index in [0.29, 0.717) is 0 Å². The van der Waals surface area contributed by atoms with Crippen molar-refractivity contribution < 1.29 is 0 Å². The fraction of sp³-hybridized carbons (Fsp3) is 0.385. The van der Waals surface area contributed by atoms with Crippen LogP contribution in [0.5, 0.6) is 0 Å². The second kappa shape index (κ2) is 3.37. The van der Waals surface area contributed by atoms with Crippen LogP contribution in [0.4, 0.5) is 0 Å². The van der Waals surface area contributed by atoms with Gasteiger partial charge in [-0.25, -0.2) is 0 Å². The zero-order valence-electron chi connectivity index (χ0n) is 8.38. The third-order valence-corrected chi connectivity index (χ3v) is 2.49. The van der Waals surface area contributed by atoms with Gasteiger partial charge in [0, 0.05) is 0 Å². The van der Waals surface area contributed by atoms with Crippen LogP contribution >= 0.6 is 0 Å². The van der Waals surface area contributed by atoms with E-state index >= 15 is 0 Å². The van der Waals surface area contributed by atoms with E-state index in [1.807, 2.05) is 0 Å². The maximum atomic E-state index is 2.33. The van der Waals surface area contributed by atoms with Crippen molar-refractivity contribution >= 4 is 6.08 Å². The molecule has 0 fully saturated rings. The summed E-state index contributed by atoms with van der Waals surface area (Å²) in [5.74, 6) is 0.753. The Morgan fingerprint density at radius 2 is 2.15 bits per heavy atom. The first kappa shape index (κ1) is 8.55. The van der Waals surface area contributed by atoms with Gasteiger partial charge in [0.1, 0.15) is 0 Å². The molecule has 0 bridgehead atoms. The molecule has 1 aromatic carbocycles. The molecule has 1 aliphatic carbocycles. The van der Waals surface area contributed by atoms with E-state index in [0.717, 1.165) is 12.3 Å². The smallest absolute Gasteiger partial charge is 0.00882 e. The lowest BCUT2D eigenvalue weighted by Crippen LogP contribution is -1.94. The van der Waals surface area contributed by atoms with Crippen molar-refractivity contribution in [1.82, 2.24) is 0 Å². The van der Waals surface area contributed by atoms with Crippen LogP contribution in [0.15, 0.2) is 24.3 Å². The van der Waals surface area contributed by atoms with Gasteiger partial charge < -0.3 is 0 Å². The predicted octanol–water partition coefficient (Wildman–Crippen LogP) is 3.45. The normalized spacial score (nSPS) is 13.8. The Morgan fingerprint density at radius 3 is 2.92 bits per heavy atom. The van der Waals surface area contributed by atoms with Crippen molar-refractivity contribution in [2.45, 2.75) is 26.7 Å². The molecule has 68 valence electrons. The van der Waals surface area contributed by atoms with E-state index in [1.54, 1.807) is 0 Å². The van der Waals surface area contributed by atoms with Crippen LogP contribution in [0, 0.1) is 5.92 Å². The van der Waals surface area contributed by atoms with E-state index < -0.39 is 0 Å². The molecule has 1 aliphatic rings. The number of benzene rings is 1. The van der Waals surface area contributed by atoms with Gasteiger partial charge in [-0.1, -0.05) is 44.2 Å². The fourth-order valence-electron chi connectivity index (χ4n) is 1.90. The summed E-state index contributed by atoms with van der Waals surface area (Å²) in [6.07, 6.45) is 6.79. The molecule has 13 heavy (non-hydrogen) atoms. The molecular weight excluding hydrogens is 156 g/mol. The molecule has 0 saturated carbocycles. The zero-order chi connectivity index (χ0) is 9.26. The van der Waals surface area contributed by atoms with Crippen LogP contribution in [0.3, 0.4) is 0 Å². The first-order valence-electron chi connectivity index (χ1n) is 5.04. The predicted molar refractivity (Wildman–Crippen MR) is 57.7 cm³/mol. The minimum absolute atomic E-state index is 0.753. The third kappa shape index (κ3) is 1.82. The molecule has 0 amide bonds. The summed E-state index contributed by atoms with van der Waals surface area (Å²) in [5.41, 5.74) is 4.38. The first-order valence-corrected chi connectivity index (χ1v) is 5.04. The average Bonchev–Trinajstić information content (AvgIpc) is 2.49. The highest BCUT2D eigenvalue weighted by atomic mass is 14.1. The number of rotatable bonds is 2. The summed E-state index contributed by atoms with van der Waals surface area (Å²) >= 11 is 0. The summed E-state index contributed by atoms with van der Waals surface area (Å²) in [7, 11) is 0. The topological polar surface area (TPSA) is 0 Å². The van der Waals surface area contributed by atoms with Crippen LogP contribution in [-0.2, 0) is 12.8 Å². The minimum atomic E-state index is 0.753. The van der Waals surface area contributed by atoms with Crippen molar-refractivity contribution in [3.8, 4) is 0 Å². The Kier molecular flexibility index (Phi) is 2.22. The van der Waals surface area contributed by atoms with Crippen LogP contribution in [-0.4, -0.2) is 0 Å². The number of hydrogen-bond donors (Lipinski definition) is 0. The number of fused-ring (bicyclic) bond motifs is 1. The first-order chi connectivity index (χ1) is 6.25. The molecule has 2 rings (SSSR count). The van der Waals surface area contributed by atoms with E-state index in [-0.39, 0.29) is 0 Å². The van der Waals surface area contributed by atoms with E-state index in [4.69, 9.17) is 0 Å². The van der Waals surface area contributed by atoms with Crippen molar-refractivity contribution in [2.75, 3.05) is 0 Å². The van der Waals surface area contributed by atoms with Crippen LogP contribution < -0.4 is 0 Å². The van der Waals surface area contributed by atoms with Crippen molar-refractivity contribution in [3.63, 3.8) is 0 Å². The van der Waals surface area contributed by atoms with Crippen molar-refractivity contribution in [2.24, 2.45) is 5.92 Å². The second-order valence-corrected chi connectivity index (χ2v) is 4.24. The molecule has 0 heteroatoms. The molecular formula is C13H16.